The summed E-state index contributed by atoms with van der Waals surface area (Å²) >= 11 is 4.15. The molecule has 2 aromatic rings. The fraction of sp³-hybridized carbons (Fsp3) is 0.0833. The first-order valence-electron chi connectivity index (χ1n) is 5.61. The van der Waals surface area contributed by atoms with Gasteiger partial charge in [0, 0.05) is 18.4 Å². The standard InChI is InChI=1S/C12H8BrN3O4S/c1-6(17)8-5-21-12(14-8)15-11(18)7-3-2-4-9(10(7)13)16(19)20/h2-5H,1H3,(H,14,15,18). The van der Waals surface area contributed by atoms with Crippen LogP contribution in [0.25, 0.3) is 0 Å². The summed E-state index contributed by atoms with van der Waals surface area (Å²) in [5.74, 6) is -0.752. The number of hydrogen-bond acceptors (Lipinski definition) is 6. The molecular weight excluding hydrogens is 362 g/mol. The molecule has 2 rings (SSSR count). The molecule has 0 fully saturated rings. The number of nitro groups is 1. The molecule has 0 atom stereocenters. The lowest BCUT2D eigenvalue weighted by Gasteiger charge is -2.04. The van der Waals surface area contributed by atoms with Crippen LogP contribution >= 0.6 is 27.3 Å². The minimum absolute atomic E-state index is 0.0934. The maximum absolute atomic E-state index is 12.1. The number of rotatable bonds is 4. The molecule has 0 spiro atoms. The van der Waals surface area contributed by atoms with Crippen molar-refractivity contribution in [1.29, 1.82) is 0 Å². The van der Waals surface area contributed by atoms with Gasteiger partial charge in [-0.3, -0.25) is 25.0 Å². The van der Waals surface area contributed by atoms with Gasteiger partial charge in [-0.15, -0.1) is 11.3 Å². The average molecular weight is 370 g/mol. The summed E-state index contributed by atoms with van der Waals surface area (Å²) in [5.41, 5.74) is 0.170. The van der Waals surface area contributed by atoms with Crippen LogP contribution in [-0.2, 0) is 0 Å². The first-order valence-corrected chi connectivity index (χ1v) is 7.28. The largest absolute Gasteiger partial charge is 0.298 e. The summed E-state index contributed by atoms with van der Waals surface area (Å²) < 4.78 is 0.0934. The minimum atomic E-state index is -0.585. The van der Waals surface area contributed by atoms with Gasteiger partial charge in [0.05, 0.1) is 10.5 Å². The second kappa shape index (κ2) is 6.10. The summed E-state index contributed by atoms with van der Waals surface area (Å²) in [4.78, 5) is 37.4. The van der Waals surface area contributed by atoms with Crippen LogP contribution < -0.4 is 5.32 Å². The Bertz CT molecular complexity index is 744. The Balaban J connectivity index is 2.26. The van der Waals surface area contributed by atoms with Crippen LogP contribution in [0.15, 0.2) is 28.1 Å². The molecule has 21 heavy (non-hydrogen) atoms. The van der Waals surface area contributed by atoms with Gasteiger partial charge in [0.1, 0.15) is 10.2 Å². The zero-order chi connectivity index (χ0) is 15.6. The molecular formula is C12H8BrN3O4S. The number of anilines is 1. The molecule has 0 aliphatic carbocycles. The Hall–Kier alpha value is -2.13. The van der Waals surface area contributed by atoms with E-state index in [1.165, 1.54) is 30.5 Å². The quantitative estimate of drug-likeness (QED) is 0.506. The molecule has 1 heterocycles. The van der Waals surface area contributed by atoms with E-state index in [9.17, 15) is 19.7 Å². The molecule has 0 saturated heterocycles. The van der Waals surface area contributed by atoms with Crippen LogP contribution in [0.3, 0.4) is 0 Å². The topological polar surface area (TPSA) is 102 Å². The molecule has 0 unspecified atom stereocenters. The maximum Gasteiger partial charge on any atom is 0.284 e. The summed E-state index contributed by atoms with van der Waals surface area (Å²) in [6.07, 6.45) is 0. The van der Waals surface area contributed by atoms with E-state index in [2.05, 4.69) is 26.2 Å². The van der Waals surface area contributed by atoms with Crippen LogP contribution in [0.4, 0.5) is 10.8 Å². The highest BCUT2D eigenvalue weighted by molar-refractivity contribution is 9.10. The van der Waals surface area contributed by atoms with Crippen LogP contribution in [0.2, 0.25) is 0 Å². The summed E-state index contributed by atoms with van der Waals surface area (Å²) in [5, 5.41) is 15.1. The lowest BCUT2D eigenvalue weighted by atomic mass is 10.2. The summed E-state index contributed by atoms with van der Waals surface area (Å²) in [6.45, 7) is 1.37. The lowest BCUT2D eigenvalue weighted by molar-refractivity contribution is -0.385. The Morgan fingerprint density at radius 2 is 2.14 bits per heavy atom. The molecule has 1 N–H and O–H groups in total. The van der Waals surface area contributed by atoms with E-state index < -0.39 is 10.8 Å². The van der Waals surface area contributed by atoms with Gasteiger partial charge in [-0.2, -0.15) is 0 Å². The van der Waals surface area contributed by atoms with Crippen molar-refractivity contribution in [3.63, 3.8) is 0 Å². The first kappa shape index (κ1) is 15.3. The van der Waals surface area contributed by atoms with E-state index in [0.717, 1.165) is 11.3 Å². The predicted molar refractivity (Wildman–Crippen MR) is 80.9 cm³/mol. The number of thiazole rings is 1. The minimum Gasteiger partial charge on any atom is -0.298 e. The van der Waals surface area contributed by atoms with Gasteiger partial charge in [0.2, 0.25) is 0 Å². The molecule has 0 saturated carbocycles. The Labute approximate surface area is 131 Å². The van der Waals surface area contributed by atoms with Crippen LogP contribution in [0, 0.1) is 10.1 Å². The number of ketones is 1. The van der Waals surface area contributed by atoms with Crippen molar-refractivity contribution in [3.05, 3.63) is 49.4 Å². The molecule has 1 aromatic carbocycles. The Morgan fingerprint density at radius 3 is 2.71 bits per heavy atom. The van der Waals surface area contributed by atoms with Crippen molar-refractivity contribution in [3.8, 4) is 0 Å². The first-order chi connectivity index (χ1) is 9.90. The van der Waals surface area contributed by atoms with Crippen molar-refractivity contribution in [2.75, 3.05) is 5.32 Å². The number of hydrogen-bond donors (Lipinski definition) is 1. The van der Waals surface area contributed by atoms with Crippen molar-refractivity contribution in [2.45, 2.75) is 6.92 Å². The number of benzene rings is 1. The van der Waals surface area contributed by atoms with E-state index in [-0.39, 0.29) is 32.3 Å². The maximum atomic E-state index is 12.1. The van der Waals surface area contributed by atoms with Gasteiger partial charge >= 0.3 is 0 Å². The molecule has 7 nitrogen and oxygen atoms in total. The van der Waals surface area contributed by atoms with Gasteiger partial charge in [0.15, 0.2) is 10.9 Å². The Kier molecular flexibility index (Phi) is 4.43. The smallest absolute Gasteiger partial charge is 0.284 e. The number of nitro benzene ring substituents is 1. The third-order valence-electron chi connectivity index (χ3n) is 2.51. The Morgan fingerprint density at radius 1 is 1.43 bits per heavy atom. The molecule has 0 bridgehead atoms. The van der Waals surface area contributed by atoms with Crippen molar-refractivity contribution >= 4 is 49.8 Å². The molecule has 0 radical (unpaired) electrons. The second-order valence-electron chi connectivity index (χ2n) is 3.94. The van der Waals surface area contributed by atoms with Crippen LogP contribution in [-0.4, -0.2) is 21.6 Å². The SMILES string of the molecule is CC(=O)c1csc(NC(=O)c2cccc([N+](=O)[O-])c2Br)n1. The zero-order valence-electron chi connectivity index (χ0n) is 10.6. The highest BCUT2D eigenvalue weighted by Crippen LogP contribution is 2.29. The van der Waals surface area contributed by atoms with Crippen LogP contribution in [0.5, 0.6) is 0 Å². The van der Waals surface area contributed by atoms with Crippen LogP contribution in [0.1, 0.15) is 27.8 Å². The van der Waals surface area contributed by atoms with E-state index in [1.54, 1.807) is 0 Å². The summed E-state index contributed by atoms with van der Waals surface area (Å²) in [7, 11) is 0. The van der Waals surface area contributed by atoms with Gasteiger partial charge in [-0.1, -0.05) is 6.07 Å². The number of carbonyl (C=O) groups excluding carboxylic acids is 2. The number of Topliss-reactive ketones (excluding diaryl/α,β-unsaturated/α-hetero) is 1. The molecule has 0 aliphatic heterocycles. The number of carbonyl (C=O) groups is 2. The fourth-order valence-corrected chi connectivity index (χ4v) is 2.83. The number of nitrogens with one attached hydrogen (secondary N) is 1. The van der Waals surface area contributed by atoms with E-state index in [0.29, 0.717) is 0 Å². The number of aromatic nitrogens is 1. The molecule has 1 aromatic heterocycles. The molecule has 1 amide bonds. The normalized spacial score (nSPS) is 10.2. The predicted octanol–water partition coefficient (Wildman–Crippen LogP) is 3.27. The third-order valence-corrected chi connectivity index (χ3v) is 4.10. The van der Waals surface area contributed by atoms with E-state index in [4.69, 9.17) is 0 Å². The van der Waals surface area contributed by atoms with E-state index >= 15 is 0 Å². The highest BCUT2D eigenvalue weighted by atomic mass is 79.9. The van der Waals surface area contributed by atoms with Gasteiger partial charge in [-0.05, 0) is 22.0 Å². The fourth-order valence-electron chi connectivity index (χ4n) is 1.49. The van der Waals surface area contributed by atoms with E-state index in [1.807, 2.05) is 0 Å². The lowest BCUT2D eigenvalue weighted by Crippen LogP contribution is -2.13. The monoisotopic (exact) mass is 369 g/mol. The number of halogens is 1. The van der Waals surface area contributed by atoms with Gasteiger partial charge < -0.3 is 0 Å². The highest BCUT2D eigenvalue weighted by Gasteiger charge is 2.20. The van der Waals surface area contributed by atoms with Gasteiger partial charge in [0.25, 0.3) is 11.6 Å². The summed E-state index contributed by atoms with van der Waals surface area (Å²) in [6, 6.07) is 4.16. The molecule has 9 heteroatoms. The van der Waals surface area contributed by atoms with Crippen molar-refractivity contribution < 1.29 is 14.5 Å². The zero-order valence-corrected chi connectivity index (χ0v) is 13.0. The molecule has 0 aliphatic rings. The second-order valence-corrected chi connectivity index (χ2v) is 5.60. The molecule has 108 valence electrons. The van der Waals surface area contributed by atoms with Crippen molar-refractivity contribution in [2.24, 2.45) is 0 Å². The third kappa shape index (κ3) is 3.31. The number of nitrogens with zero attached hydrogens (tertiary/aromatic N) is 2. The average Bonchev–Trinajstić information content (AvgIpc) is 2.87. The van der Waals surface area contributed by atoms with Crippen molar-refractivity contribution in [1.82, 2.24) is 4.98 Å². The van der Waals surface area contributed by atoms with Gasteiger partial charge in [-0.25, -0.2) is 4.98 Å². The number of amides is 1.